The van der Waals surface area contributed by atoms with Gasteiger partial charge in [0.25, 0.3) is 0 Å². The van der Waals surface area contributed by atoms with E-state index in [0.717, 1.165) is 28.9 Å². The summed E-state index contributed by atoms with van der Waals surface area (Å²) in [4.78, 5) is 37.8. The topological polar surface area (TPSA) is 147 Å². The third-order valence-corrected chi connectivity index (χ3v) is 9.53. The first kappa shape index (κ1) is 37.3. The Balaban J connectivity index is 1.85. The van der Waals surface area contributed by atoms with Crippen molar-refractivity contribution in [2.75, 3.05) is 26.9 Å². The maximum atomic E-state index is 12.9. The number of hydrogen-bond acceptors (Lipinski definition) is 11. The highest BCUT2D eigenvalue weighted by Gasteiger charge is 2.48. The molecule has 0 saturated carbocycles. The number of esters is 2. The molecule has 0 aliphatic carbocycles. The Labute approximate surface area is 276 Å². The summed E-state index contributed by atoms with van der Waals surface area (Å²) in [6, 6.07) is 12.3. The maximum absolute atomic E-state index is 12.9. The number of amides is 1. The number of fused-ring (bicyclic) bond motifs is 1. The van der Waals surface area contributed by atoms with Crippen molar-refractivity contribution < 1.29 is 38.9 Å². The van der Waals surface area contributed by atoms with Gasteiger partial charge in [0.15, 0.2) is 0 Å². The lowest BCUT2D eigenvalue weighted by atomic mass is 9.86. The van der Waals surface area contributed by atoms with Crippen molar-refractivity contribution in [1.82, 2.24) is 15.7 Å². The first-order chi connectivity index (χ1) is 22.1. The van der Waals surface area contributed by atoms with Gasteiger partial charge in [0.1, 0.15) is 11.2 Å². The van der Waals surface area contributed by atoms with Gasteiger partial charge in [0, 0.05) is 23.0 Å². The molecule has 11 nitrogen and oxygen atoms in total. The van der Waals surface area contributed by atoms with E-state index in [9.17, 15) is 24.7 Å². The summed E-state index contributed by atoms with van der Waals surface area (Å²) in [7, 11) is 1.55. The van der Waals surface area contributed by atoms with Gasteiger partial charge in [-0.05, 0) is 49.9 Å². The van der Waals surface area contributed by atoms with E-state index in [2.05, 4.69) is 17.6 Å². The van der Waals surface area contributed by atoms with Crippen molar-refractivity contribution in [2.24, 2.45) is 0 Å². The number of hydrogen-bond donors (Lipinski definition) is 4. The maximum Gasteiger partial charge on any atom is 0.307 e. The largest absolute Gasteiger partial charge is 0.496 e. The second-order valence-electron chi connectivity index (χ2n) is 11.3. The van der Waals surface area contributed by atoms with E-state index in [0.29, 0.717) is 24.2 Å². The molecule has 0 saturated heterocycles. The minimum Gasteiger partial charge on any atom is -0.496 e. The van der Waals surface area contributed by atoms with Crippen LogP contribution in [0.25, 0.3) is 0 Å². The second kappa shape index (κ2) is 18.2. The van der Waals surface area contributed by atoms with Crippen LogP contribution in [0.3, 0.4) is 0 Å². The number of unbranched alkanes of at least 4 members (excludes halogenated alkanes) is 1. The summed E-state index contributed by atoms with van der Waals surface area (Å²) in [5.41, 5.74) is 0.551. The number of rotatable bonds is 17. The van der Waals surface area contributed by atoms with Crippen LogP contribution in [0.2, 0.25) is 0 Å². The molecule has 1 heterocycles. The van der Waals surface area contributed by atoms with Crippen LogP contribution >= 0.6 is 11.8 Å². The Morgan fingerprint density at radius 2 is 1.67 bits per heavy atom. The molecule has 2 aromatic carbocycles. The van der Waals surface area contributed by atoms with Crippen LogP contribution in [0.15, 0.2) is 47.4 Å². The molecule has 0 spiro atoms. The molecule has 1 aliphatic rings. The highest BCUT2D eigenvalue weighted by atomic mass is 32.2. The molecule has 12 heteroatoms. The van der Waals surface area contributed by atoms with Crippen LogP contribution in [0, 0.1) is 0 Å². The monoisotopic (exact) mass is 659 g/mol. The molecule has 1 aliphatic heterocycles. The summed E-state index contributed by atoms with van der Waals surface area (Å²) in [5.74, 6) is -0.778. The lowest BCUT2D eigenvalue weighted by molar-refractivity contribution is -0.217. The fourth-order valence-electron chi connectivity index (χ4n) is 5.74. The molecule has 1 amide bonds. The van der Waals surface area contributed by atoms with E-state index in [-0.39, 0.29) is 45.1 Å². The molecule has 3 rings (SSSR count). The number of hydroxylamine groups is 2. The number of ether oxygens (including phenoxy) is 3. The molecule has 0 aromatic heterocycles. The predicted octanol–water partition coefficient (Wildman–Crippen LogP) is 4.72. The minimum atomic E-state index is -0.919. The van der Waals surface area contributed by atoms with Gasteiger partial charge in [0.2, 0.25) is 5.91 Å². The van der Waals surface area contributed by atoms with Gasteiger partial charge in [-0.3, -0.25) is 14.4 Å². The molecule has 2 aromatic rings. The molecule has 254 valence electrons. The summed E-state index contributed by atoms with van der Waals surface area (Å²) >= 11 is 1.30. The van der Waals surface area contributed by atoms with E-state index >= 15 is 0 Å². The highest BCUT2D eigenvalue weighted by molar-refractivity contribution is 7.99. The fraction of sp³-hybridized carbons (Fsp3) is 0.559. The SMILES string of the molecule is CCCC[C@]1(CC)C(O)Sc2cc(CNC(=O)CNC(CC(=O)OCC)CC(=O)OCC)c(OC)cc2[C@@H](c2ccccc2)N1O. The van der Waals surface area contributed by atoms with E-state index < -0.39 is 35.0 Å². The molecule has 1 unspecified atom stereocenters. The number of carbonyl (C=O) groups excluding carboxylic acids is 3. The predicted molar refractivity (Wildman–Crippen MR) is 175 cm³/mol. The van der Waals surface area contributed by atoms with Crippen molar-refractivity contribution in [2.45, 2.75) is 101 Å². The molecular weight excluding hydrogens is 610 g/mol. The number of benzene rings is 2. The standard InChI is InChI=1S/C34H49N3O8S/c1-6-10-16-34(7-2)33(41)46-28-17-24(27(43-5)20-26(28)32(37(34)42)23-14-12-11-13-15-23)21-36-29(38)22-35-25(18-30(39)44-8-3)19-31(40)45-9-4/h11-15,17,20,25,32-33,35,41-42H,6-10,16,18-19,21-22H2,1-5H3,(H,36,38)/t32-,33?,34-/m1/s1. The molecule has 4 N–H and O–H groups in total. The zero-order chi connectivity index (χ0) is 33.7. The highest BCUT2D eigenvalue weighted by Crippen LogP contribution is 2.50. The summed E-state index contributed by atoms with van der Waals surface area (Å²) in [6.45, 7) is 7.88. The van der Waals surface area contributed by atoms with Gasteiger partial charge < -0.3 is 35.2 Å². The smallest absolute Gasteiger partial charge is 0.307 e. The zero-order valence-corrected chi connectivity index (χ0v) is 28.4. The average Bonchev–Trinajstić information content (AvgIpc) is 3.12. The van der Waals surface area contributed by atoms with Gasteiger partial charge in [-0.2, -0.15) is 5.06 Å². The van der Waals surface area contributed by atoms with Crippen LogP contribution < -0.4 is 15.4 Å². The second-order valence-corrected chi connectivity index (χ2v) is 12.4. The molecule has 3 atom stereocenters. The van der Waals surface area contributed by atoms with Gasteiger partial charge >= 0.3 is 11.9 Å². The normalized spacial score (nSPS) is 19.7. The molecule has 0 fully saturated rings. The Kier molecular flexibility index (Phi) is 14.8. The summed E-state index contributed by atoms with van der Waals surface area (Å²) in [6.07, 6.45) is 2.75. The summed E-state index contributed by atoms with van der Waals surface area (Å²) < 4.78 is 15.8. The fourth-order valence-corrected chi connectivity index (χ4v) is 7.11. The molecule has 46 heavy (non-hydrogen) atoms. The Bertz CT molecular complexity index is 1280. The Morgan fingerprint density at radius 3 is 2.24 bits per heavy atom. The number of methoxy groups -OCH3 is 1. The van der Waals surface area contributed by atoms with Gasteiger partial charge in [-0.1, -0.05) is 68.8 Å². The number of thioether (sulfide) groups is 1. The third-order valence-electron chi connectivity index (χ3n) is 8.26. The van der Waals surface area contributed by atoms with E-state index in [1.807, 2.05) is 49.4 Å². The number of nitrogens with zero attached hydrogens (tertiary/aromatic N) is 1. The number of carbonyl (C=O) groups is 3. The van der Waals surface area contributed by atoms with Gasteiger partial charge in [0.05, 0.1) is 51.3 Å². The number of aliphatic hydroxyl groups is 1. The van der Waals surface area contributed by atoms with Crippen LogP contribution in [0.5, 0.6) is 5.75 Å². The quantitative estimate of drug-likeness (QED) is 0.175. The van der Waals surface area contributed by atoms with Crippen molar-refractivity contribution in [3.05, 3.63) is 59.2 Å². The first-order valence-corrected chi connectivity index (χ1v) is 16.9. The van der Waals surface area contributed by atoms with Gasteiger partial charge in [-0.15, -0.1) is 0 Å². The van der Waals surface area contributed by atoms with E-state index in [4.69, 9.17) is 14.2 Å². The first-order valence-electron chi connectivity index (χ1n) is 16.0. The lowest BCUT2D eigenvalue weighted by Crippen LogP contribution is -2.54. The molecule has 0 radical (unpaired) electrons. The lowest BCUT2D eigenvalue weighted by Gasteiger charge is -2.44. The van der Waals surface area contributed by atoms with Crippen LogP contribution in [0.4, 0.5) is 0 Å². The van der Waals surface area contributed by atoms with Gasteiger partial charge in [-0.25, -0.2) is 0 Å². The van der Waals surface area contributed by atoms with Crippen molar-refractivity contribution in [1.29, 1.82) is 0 Å². The Hall–Kier alpha value is -3.16. The van der Waals surface area contributed by atoms with Crippen LogP contribution in [0.1, 0.15) is 89.0 Å². The molecule has 0 bridgehead atoms. The zero-order valence-electron chi connectivity index (χ0n) is 27.5. The molecular formula is C34H49N3O8S. The van der Waals surface area contributed by atoms with Crippen LogP contribution in [-0.4, -0.2) is 77.1 Å². The van der Waals surface area contributed by atoms with Crippen molar-refractivity contribution >= 4 is 29.6 Å². The van der Waals surface area contributed by atoms with Crippen molar-refractivity contribution in [3.63, 3.8) is 0 Å². The number of nitrogens with one attached hydrogen (secondary N) is 2. The Morgan fingerprint density at radius 1 is 1.02 bits per heavy atom. The van der Waals surface area contributed by atoms with E-state index in [1.54, 1.807) is 21.0 Å². The summed E-state index contributed by atoms with van der Waals surface area (Å²) in [5, 5.41) is 30.8. The third kappa shape index (κ3) is 9.45. The van der Waals surface area contributed by atoms with Crippen molar-refractivity contribution in [3.8, 4) is 5.75 Å². The average molecular weight is 660 g/mol. The minimum absolute atomic E-state index is 0.0832. The number of aliphatic hydroxyl groups excluding tert-OH is 1. The van der Waals surface area contributed by atoms with Crippen LogP contribution in [-0.2, 0) is 30.4 Å². The van der Waals surface area contributed by atoms with E-state index in [1.165, 1.54) is 16.8 Å².